The first-order valence-electron chi connectivity index (χ1n) is 4.57. The van der Waals surface area contributed by atoms with Crippen LogP contribution in [0.25, 0.3) is 0 Å². The molecule has 0 saturated heterocycles. The monoisotopic (exact) mass is 182 g/mol. The van der Waals surface area contributed by atoms with Gasteiger partial charge >= 0.3 is 0 Å². The molecule has 0 amide bonds. The average molecular weight is 182 g/mol. The van der Waals surface area contributed by atoms with Gasteiger partial charge in [-0.15, -0.1) is 0 Å². The third-order valence-electron chi connectivity index (χ3n) is 2.13. The van der Waals surface area contributed by atoms with E-state index in [1.54, 1.807) is 12.1 Å². The molecule has 0 heterocycles. The number of halogens is 1. The standard InChI is InChI=1S/C11H15FO/c1-9(8-13)5-6-10-3-2-4-11(12)7-10/h2-4,7,9,13H,5-6,8H2,1H3. The van der Waals surface area contributed by atoms with E-state index in [0.717, 1.165) is 18.4 Å². The molecule has 0 bridgehead atoms. The van der Waals surface area contributed by atoms with Crippen LogP contribution in [0.4, 0.5) is 4.39 Å². The summed E-state index contributed by atoms with van der Waals surface area (Å²) in [6, 6.07) is 6.62. The summed E-state index contributed by atoms with van der Waals surface area (Å²) in [4.78, 5) is 0. The van der Waals surface area contributed by atoms with Gasteiger partial charge in [-0.2, -0.15) is 0 Å². The van der Waals surface area contributed by atoms with E-state index in [1.807, 2.05) is 13.0 Å². The fourth-order valence-corrected chi connectivity index (χ4v) is 1.20. The van der Waals surface area contributed by atoms with E-state index in [4.69, 9.17) is 5.11 Å². The molecule has 13 heavy (non-hydrogen) atoms. The predicted octanol–water partition coefficient (Wildman–Crippen LogP) is 2.39. The van der Waals surface area contributed by atoms with Crippen LogP contribution in [0, 0.1) is 11.7 Å². The quantitative estimate of drug-likeness (QED) is 0.758. The van der Waals surface area contributed by atoms with E-state index < -0.39 is 0 Å². The topological polar surface area (TPSA) is 20.2 Å². The third kappa shape index (κ3) is 3.55. The minimum absolute atomic E-state index is 0.186. The molecule has 72 valence electrons. The van der Waals surface area contributed by atoms with Crippen LogP contribution in [-0.4, -0.2) is 11.7 Å². The lowest BCUT2D eigenvalue weighted by atomic mass is 10.0. The number of hydrogen-bond donors (Lipinski definition) is 1. The molecule has 2 heteroatoms. The first kappa shape index (κ1) is 10.2. The lowest BCUT2D eigenvalue weighted by molar-refractivity contribution is 0.230. The molecular weight excluding hydrogens is 167 g/mol. The third-order valence-corrected chi connectivity index (χ3v) is 2.13. The van der Waals surface area contributed by atoms with E-state index in [0.29, 0.717) is 5.92 Å². The molecule has 0 spiro atoms. The molecule has 1 atom stereocenters. The zero-order valence-electron chi connectivity index (χ0n) is 7.83. The van der Waals surface area contributed by atoms with Crippen molar-refractivity contribution in [2.24, 2.45) is 5.92 Å². The molecular formula is C11H15FO. The van der Waals surface area contributed by atoms with Crippen LogP contribution in [0.2, 0.25) is 0 Å². The molecule has 1 rings (SSSR count). The minimum atomic E-state index is -0.186. The number of hydrogen-bond acceptors (Lipinski definition) is 1. The Kier molecular flexibility index (Phi) is 3.90. The van der Waals surface area contributed by atoms with Crippen LogP contribution in [0.5, 0.6) is 0 Å². The second-order valence-electron chi connectivity index (χ2n) is 3.46. The summed E-state index contributed by atoms with van der Waals surface area (Å²) in [6.45, 7) is 2.19. The molecule has 1 N–H and O–H groups in total. The lowest BCUT2D eigenvalue weighted by Gasteiger charge is -2.06. The zero-order valence-corrected chi connectivity index (χ0v) is 7.83. The Labute approximate surface area is 78.2 Å². The van der Waals surface area contributed by atoms with E-state index in [2.05, 4.69) is 0 Å². The van der Waals surface area contributed by atoms with Crippen molar-refractivity contribution < 1.29 is 9.50 Å². The summed E-state index contributed by atoms with van der Waals surface area (Å²) in [6.07, 6.45) is 1.74. The van der Waals surface area contributed by atoms with Gasteiger partial charge in [0.05, 0.1) is 0 Å². The first-order chi connectivity index (χ1) is 6.22. The maximum atomic E-state index is 12.7. The first-order valence-corrected chi connectivity index (χ1v) is 4.57. The SMILES string of the molecule is CC(CO)CCc1cccc(F)c1. The molecule has 0 aliphatic rings. The molecule has 0 fully saturated rings. The Morgan fingerprint density at radius 1 is 1.46 bits per heavy atom. The Bertz CT molecular complexity index is 260. The van der Waals surface area contributed by atoms with Gasteiger partial charge in [-0.05, 0) is 36.5 Å². The molecule has 0 aliphatic heterocycles. The normalized spacial score (nSPS) is 12.8. The number of aryl methyl sites for hydroxylation is 1. The number of rotatable bonds is 4. The van der Waals surface area contributed by atoms with Crippen LogP contribution >= 0.6 is 0 Å². The van der Waals surface area contributed by atoms with Crippen molar-refractivity contribution in [3.8, 4) is 0 Å². The molecule has 1 aromatic carbocycles. The van der Waals surface area contributed by atoms with E-state index in [9.17, 15) is 4.39 Å². The minimum Gasteiger partial charge on any atom is -0.396 e. The zero-order chi connectivity index (χ0) is 9.68. The largest absolute Gasteiger partial charge is 0.396 e. The van der Waals surface area contributed by atoms with Crippen LogP contribution < -0.4 is 0 Å². The molecule has 0 aliphatic carbocycles. The lowest BCUT2D eigenvalue weighted by Crippen LogP contribution is -2.02. The molecule has 1 unspecified atom stereocenters. The molecule has 0 saturated carbocycles. The van der Waals surface area contributed by atoms with Gasteiger partial charge in [0.2, 0.25) is 0 Å². The van der Waals surface area contributed by atoms with Crippen LogP contribution in [-0.2, 0) is 6.42 Å². The van der Waals surface area contributed by atoms with Crippen molar-refractivity contribution in [3.05, 3.63) is 35.6 Å². The summed E-state index contributed by atoms with van der Waals surface area (Å²) in [7, 11) is 0. The van der Waals surface area contributed by atoms with Crippen molar-refractivity contribution in [1.29, 1.82) is 0 Å². The van der Waals surface area contributed by atoms with Gasteiger partial charge in [-0.1, -0.05) is 19.1 Å². The second-order valence-corrected chi connectivity index (χ2v) is 3.46. The van der Waals surface area contributed by atoms with E-state index in [1.165, 1.54) is 6.07 Å². The molecule has 1 aromatic rings. The van der Waals surface area contributed by atoms with E-state index >= 15 is 0 Å². The highest BCUT2D eigenvalue weighted by Crippen LogP contribution is 2.10. The fourth-order valence-electron chi connectivity index (χ4n) is 1.20. The Balaban J connectivity index is 2.45. The predicted molar refractivity (Wildman–Crippen MR) is 51.0 cm³/mol. The molecule has 0 radical (unpaired) electrons. The van der Waals surface area contributed by atoms with Crippen LogP contribution in [0.1, 0.15) is 18.9 Å². The van der Waals surface area contributed by atoms with Crippen molar-refractivity contribution in [2.75, 3.05) is 6.61 Å². The van der Waals surface area contributed by atoms with Gasteiger partial charge in [0.15, 0.2) is 0 Å². The smallest absolute Gasteiger partial charge is 0.123 e. The van der Waals surface area contributed by atoms with E-state index in [-0.39, 0.29) is 12.4 Å². The van der Waals surface area contributed by atoms with Crippen molar-refractivity contribution in [3.63, 3.8) is 0 Å². The highest BCUT2D eigenvalue weighted by Gasteiger charge is 2.01. The fraction of sp³-hybridized carbons (Fsp3) is 0.455. The van der Waals surface area contributed by atoms with Gasteiger partial charge in [0.25, 0.3) is 0 Å². The summed E-state index contributed by atoms with van der Waals surface area (Å²) >= 11 is 0. The molecule has 1 nitrogen and oxygen atoms in total. The molecule has 0 aromatic heterocycles. The highest BCUT2D eigenvalue weighted by molar-refractivity contribution is 5.16. The summed E-state index contributed by atoms with van der Waals surface area (Å²) < 4.78 is 12.7. The Hall–Kier alpha value is -0.890. The summed E-state index contributed by atoms with van der Waals surface area (Å²) in [5.74, 6) is 0.109. The van der Waals surface area contributed by atoms with Crippen molar-refractivity contribution >= 4 is 0 Å². The highest BCUT2D eigenvalue weighted by atomic mass is 19.1. The van der Waals surface area contributed by atoms with Crippen molar-refractivity contribution in [2.45, 2.75) is 19.8 Å². The number of benzene rings is 1. The van der Waals surface area contributed by atoms with Gasteiger partial charge in [0, 0.05) is 6.61 Å². The number of aliphatic hydroxyl groups is 1. The van der Waals surface area contributed by atoms with Crippen LogP contribution in [0.3, 0.4) is 0 Å². The summed E-state index contributed by atoms with van der Waals surface area (Å²) in [5, 5.41) is 8.79. The average Bonchev–Trinajstić information content (AvgIpc) is 2.14. The maximum absolute atomic E-state index is 12.7. The Morgan fingerprint density at radius 3 is 2.85 bits per heavy atom. The van der Waals surface area contributed by atoms with Gasteiger partial charge in [-0.25, -0.2) is 4.39 Å². The van der Waals surface area contributed by atoms with Crippen molar-refractivity contribution in [1.82, 2.24) is 0 Å². The van der Waals surface area contributed by atoms with Gasteiger partial charge in [-0.3, -0.25) is 0 Å². The second kappa shape index (κ2) is 4.97. The number of aliphatic hydroxyl groups excluding tert-OH is 1. The van der Waals surface area contributed by atoms with Gasteiger partial charge < -0.3 is 5.11 Å². The maximum Gasteiger partial charge on any atom is 0.123 e. The summed E-state index contributed by atoms with van der Waals surface area (Å²) in [5.41, 5.74) is 1.00. The Morgan fingerprint density at radius 2 is 2.23 bits per heavy atom. The van der Waals surface area contributed by atoms with Gasteiger partial charge in [0.1, 0.15) is 5.82 Å². The van der Waals surface area contributed by atoms with Crippen LogP contribution in [0.15, 0.2) is 24.3 Å².